The molecule has 0 aliphatic rings. The summed E-state index contributed by atoms with van der Waals surface area (Å²) in [5.74, 6) is -0.872. The maximum absolute atomic E-state index is 12.4. The summed E-state index contributed by atoms with van der Waals surface area (Å²) < 4.78 is 12.4. The van der Waals surface area contributed by atoms with E-state index in [9.17, 15) is 9.46 Å². The van der Waals surface area contributed by atoms with Crippen LogP contribution < -0.4 is 5.73 Å². The highest BCUT2D eigenvalue weighted by molar-refractivity contribution is 7.58. The molecule has 0 aromatic heterocycles. The predicted octanol–water partition coefficient (Wildman–Crippen LogP) is 3.81. The molecule has 5 heteroatoms. The number of aryl methyl sites for hydroxylation is 1. The van der Waals surface area contributed by atoms with Crippen molar-refractivity contribution in [2.24, 2.45) is 5.73 Å². The molecule has 0 saturated heterocycles. The summed E-state index contributed by atoms with van der Waals surface area (Å²) in [6.07, 6.45) is 0.705. The van der Waals surface area contributed by atoms with Crippen LogP contribution in [0.4, 0.5) is 0 Å². The molecule has 2 aromatic rings. The molecule has 0 bridgehead atoms. The Balaban J connectivity index is 2.06. The third-order valence-electron chi connectivity index (χ3n) is 3.21. The van der Waals surface area contributed by atoms with Gasteiger partial charge in [-0.25, -0.2) is 0 Å². The molecule has 0 fully saturated rings. The van der Waals surface area contributed by atoms with E-state index in [1.54, 1.807) is 24.3 Å². The molecule has 0 radical (unpaired) electrons. The van der Waals surface area contributed by atoms with Crippen molar-refractivity contribution in [3.8, 4) is 0 Å². The maximum atomic E-state index is 12.4. The third-order valence-corrected chi connectivity index (χ3v) is 5.49. The van der Waals surface area contributed by atoms with Gasteiger partial charge in [-0.3, -0.25) is 4.57 Å². The molecule has 106 valence electrons. The number of rotatable bonds is 5. The van der Waals surface area contributed by atoms with Gasteiger partial charge in [0.05, 0.1) is 0 Å². The van der Waals surface area contributed by atoms with Crippen LogP contribution in [0.1, 0.15) is 16.9 Å². The molecule has 2 aromatic carbocycles. The standard InChI is InChI=1S/C15H17ClNO2P/c16-14-8-6-13(7-9-14)15(17)20(18,19)11-10-12-4-2-1-3-5-12/h1-9,15H,10-11,17H2,(H,18,19)/t15-/m0/s1. The van der Waals surface area contributed by atoms with Crippen LogP contribution in [-0.2, 0) is 11.0 Å². The molecule has 3 N–H and O–H groups in total. The molecule has 0 aliphatic heterocycles. The minimum Gasteiger partial charge on any atom is -0.343 e. The molecule has 0 amide bonds. The lowest BCUT2D eigenvalue weighted by Crippen LogP contribution is -2.13. The smallest absolute Gasteiger partial charge is 0.221 e. The van der Waals surface area contributed by atoms with E-state index in [0.717, 1.165) is 5.56 Å². The van der Waals surface area contributed by atoms with Gasteiger partial charge in [-0.1, -0.05) is 54.1 Å². The van der Waals surface area contributed by atoms with Crippen molar-refractivity contribution in [3.63, 3.8) is 0 Å². The minimum atomic E-state index is -3.45. The zero-order valence-corrected chi connectivity index (χ0v) is 12.6. The molecular weight excluding hydrogens is 293 g/mol. The Labute approximate surface area is 123 Å². The van der Waals surface area contributed by atoms with Crippen LogP contribution in [0.2, 0.25) is 5.02 Å². The van der Waals surface area contributed by atoms with Gasteiger partial charge >= 0.3 is 0 Å². The van der Waals surface area contributed by atoms with Crippen LogP contribution in [0.5, 0.6) is 0 Å². The monoisotopic (exact) mass is 309 g/mol. The zero-order valence-electron chi connectivity index (χ0n) is 10.9. The van der Waals surface area contributed by atoms with E-state index < -0.39 is 13.2 Å². The van der Waals surface area contributed by atoms with Gasteiger partial charge in [0, 0.05) is 11.2 Å². The van der Waals surface area contributed by atoms with Crippen molar-refractivity contribution >= 4 is 19.0 Å². The van der Waals surface area contributed by atoms with E-state index in [2.05, 4.69) is 0 Å². The molecule has 0 spiro atoms. The number of benzene rings is 2. The van der Waals surface area contributed by atoms with Gasteiger partial charge in [0.1, 0.15) is 5.78 Å². The topological polar surface area (TPSA) is 63.3 Å². The van der Waals surface area contributed by atoms with Crippen molar-refractivity contribution in [2.45, 2.75) is 12.2 Å². The Hall–Kier alpha value is -1.12. The SMILES string of the molecule is N[C@H](c1ccc(Cl)cc1)P(=O)(O)CCc1ccccc1. The average Bonchev–Trinajstić information content (AvgIpc) is 2.46. The fourth-order valence-corrected chi connectivity index (χ4v) is 3.59. The number of nitrogens with two attached hydrogens (primary N) is 1. The van der Waals surface area contributed by atoms with Gasteiger partial charge in [0.25, 0.3) is 0 Å². The van der Waals surface area contributed by atoms with Crippen LogP contribution in [0.15, 0.2) is 54.6 Å². The first-order valence-electron chi connectivity index (χ1n) is 6.35. The first-order valence-corrected chi connectivity index (χ1v) is 8.65. The second-order valence-corrected chi connectivity index (χ2v) is 7.66. The molecule has 1 unspecified atom stereocenters. The summed E-state index contributed by atoms with van der Waals surface area (Å²) in [5.41, 5.74) is 7.60. The van der Waals surface area contributed by atoms with Crippen molar-refractivity contribution in [1.29, 1.82) is 0 Å². The molecule has 2 rings (SSSR count). The Morgan fingerprint density at radius 2 is 1.70 bits per heavy atom. The van der Waals surface area contributed by atoms with Gasteiger partial charge < -0.3 is 10.6 Å². The van der Waals surface area contributed by atoms with Gasteiger partial charge in [0.2, 0.25) is 7.37 Å². The molecule has 2 atom stereocenters. The summed E-state index contributed by atoms with van der Waals surface area (Å²) in [6.45, 7) is 0. The van der Waals surface area contributed by atoms with Crippen LogP contribution in [0.25, 0.3) is 0 Å². The highest BCUT2D eigenvalue weighted by Crippen LogP contribution is 2.52. The maximum Gasteiger partial charge on any atom is 0.221 e. The molecule has 20 heavy (non-hydrogen) atoms. The van der Waals surface area contributed by atoms with Crippen molar-refractivity contribution in [3.05, 3.63) is 70.7 Å². The Kier molecular flexibility index (Phi) is 5.00. The Morgan fingerprint density at radius 1 is 1.10 bits per heavy atom. The Bertz CT molecular complexity index is 601. The van der Waals surface area contributed by atoms with Crippen molar-refractivity contribution in [1.82, 2.24) is 0 Å². The summed E-state index contributed by atoms with van der Waals surface area (Å²) in [4.78, 5) is 10.2. The van der Waals surface area contributed by atoms with Crippen molar-refractivity contribution < 1.29 is 9.46 Å². The van der Waals surface area contributed by atoms with Crippen LogP contribution in [-0.4, -0.2) is 11.1 Å². The van der Waals surface area contributed by atoms with E-state index in [0.29, 0.717) is 17.0 Å². The molecule has 3 nitrogen and oxygen atoms in total. The summed E-state index contributed by atoms with van der Waals surface area (Å²) in [7, 11) is -3.45. The van der Waals surface area contributed by atoms with E-state index in [4.69, 9.17) is 17.3 Å². The normalized spacial score (nSPS) is 15.6. The Morgan fingerprint density at radius 3 is 2.30 bits per heavy atom. The molecule has 0 aliphatic carbocycles. The van der Waals surface area contributed by atoms with Gasteiger partial charge in [-0.05, 0) is 29.7 Å². The highest BCUT2D eigenvalue weighted by Gasteiger charge is 2.28. The number of hydrogen-bond donors (Lipinski definition) is 2. The van der Waals surface area contributed by atoms with Gasteiger partial charge in [-0.2, -0.15) is 0 Å². The average molecular weight is 310 g/mol. The van der Waals surface area contributed by atoms with Crippen molar-refractivity contribution in [2.75, 3.05) is 6.16 Å². The molecule has 0 heterocycles. The lowest BCUT2D eigenvalue weighted by molar-refractivity contribution is 0.464. The second-order valence-electron chi connectivity index (χ2n) is 4.71. The lowest BCUT2D eigenvalue weighted by atomic mass is 10.2. The minimum absolute atomic E-state index is 0.167. The molecule has 0 saturated carbocycles. The quantitative estimate of drug-likeness (QED) is 0.825. The fourth-order valence-electron chi connectivity index (χ4n) is 1.97. The second kappa shape index (κ2) is 6.55. The van der Waals surface area contributed by atoms with Crippen LogP contribution >= 0.6 is 19.0 Å². The summed E-state index contributed by atoms with van der Waals surface area (Å²) in [5, 5.41) is 0.581. The largest absolute Gasteiger partial charge is 0.343 e. The first-order chi connectivity index (χ1) is 9.49. The fraction of sp³-hybridized carbons (Fsp3) is 0.200. The number of halogens is 1. The van der Waals surface area contributed by atoms with Gasteiger partial charge in [0.15, 0.2) is 0 Å². The summed E-state index contributed by atoms with van der Waals surface area (Å²) >= 11 is 5.80. The zero-order chi connectivity index (χ0) is 14.6. The highest BCUT2D eigenvalue weighted by atomic mass is 35.5. The van der Waals surface area contributed by atoms with E-state index in [1.165, 1.54) is 0 Å². The lowest BCUT2D eigenvalue weighted by Gasteiger charge is -2.19. The molecular formula is C15H17ClNO2P. The summed E-state index contributed by atoms with van der Waals surface area (Å²) in [6, 6.07) is 16.4. The van der Waals surface area contributed by atoms with E-state index in [-0.39, 0.29) is 6.16 Å². The van der Waals surface area contributed by atoms with E-state index >= 15 is 0 Å². The van der Waals surface area contributed by atoms with Crippen LogP contribution in [0, 0.1) is 0 Å². The van der Waals surface area contributed by atoms with Gasteiger partial charge in [-0.15, -0.1) is 0 Å². The number of hydrogen-bond acceptors (Lipinski definition) is 2. The first kappa shape index (κ1) is 15.3. The predicted molar refractivity (Wildman–Crippen MR) is 83.2 cm³/mol. The third kappa shape index (κ3) is 3.94. The van der Waals surface area contributed by atoms with E-state index in [1.807, 2.05) is 30.3 Å². The van der Waals surface area contributed by atoms with Crippen LogP contribution in [0.3, 0.4) is 0 Å².